The lowest BCUT2D eigenvalue weighted by Crippen LogP contribution is -2.40. The third kappa shape index (κ3) is 4.19. The Labute approximate surface area is 124 Å². The lowest BCUT2D eigenvalue weighted by molar-refractivity contribution is -0.704. The number of aromatic nitrogens is 1. The number of hydrogen-bond donors (Lipinski definition) is 0. The molecular formula is C19H28N+. The minimum absolute atomic E-state index is 1.10. The van der Waals surface area contributed by atoms with Crippen LogP contribution in [0.15, 0.2) is 48.7 Å². The van der Waals surface area contributed by atoms with Crippen molar-refractivity contribution in [2.75, 3.05) is 0 Å². The van der Waals surface area contributed by atoms with Gasteiger partial charge >= 0.3 is 0 Å². The molecule has 108 valence electrons. The van der Waals surface area contributed by atoms with Gasteiger partial charge in [-0.15, -0.1) is 0 Å². The number of benzene rings is 1. The van der Waals surface area contributed by atoms with Crippen LogP contribution in [0.4, 0.5) is 0 Å². The van der Waals surface area contributed by atoms with Crippen LogP contribution in [0.1, 0.15) is 44.5 Å². The fourth-order valence-electron chi connectivity index (χ4n) is 2.51. The first-order chi connectivity index (χ1) is 9.93. The molecule has 1 aromatic carbocycles. The van der Waals surface area contributed by atoms with Gasteiger partial charge in [-0.25, -0.2) is 4.57 Å². The van der Waals surface area contributed by atoms with Crippen LogP contribution >= 0.6 is 0 Å². The Kier molecular flexibility index (Phi) is 7.64. The molecule has 0 fully saturated rings. The van der Waals surface area contributed by atoms with Crippen molar-refractivity contribution in [2.45, 2.75) is 53.5 Å². The van der Waals surface area contributed by atoms with E-state index < -0.39 is 0 Å². The zero-order valence-corrected chi connectivity index (χ0v) is 13.4. The second-order valence-electron chi connectivity index (χ2n) is 4.40. The normalized spacial score (nSPS) is 12.2. The smallest absolute Gasteiger partial charge is 0.181 e. The van der Waals surface area contributed by atoms with Gasteiger partial charge < -0.3 is 0 Å². The molecule has 1 aliphatic heterocycles. The molecule has 0 spiro atoms. The molecule has 0 unspecified atom stereocenters. The van der Waals surface area contributed by atoms with Gasteiger partial charge in [0, 0.05) is 25.0 Å². The summed E-state index contributed by atoms with van der Waals surface area (Å²) in [5, 5.41) is 0. The predicted molar refractivity (Wildman–Crippen MR) is 86.9 cm³/mol. The molecule has 20 heavy (non-hydrogen) atoms. The van der Waals surface area contributed by atoms with E-state index in [1.165, 1.54) is 23.2 Å². The molecule has 0 N–H and O–H groups in total. The van der Waals surface area contributed by atoms with Crippen LogP contribution in [0.2, 0.25) is 0 Å². The van der Waals surface area contributed by atoms with Crippen molar-refractivity contribution in [3.8, 4) is 0 Å². The summed E-state index contributed by atoms with van der Waals surface area (Å²) >= 11 is 0. The quantitative estimate of drug-likeness (QED) is 0.626. The third-order valence-corrected chi connectivity index (χ3v) is 3.43. The van der Waals surface area contributed by atoms with Gasteiger partial charge in [0.1, 0.15) is 0 Å². The molecule has 0 aliphatic carbocycles. The molecule has 1 heteroatoms. The van der Waals surface area contributed by atoms with E-state index >= 15 is 0 Å². The second-order valence-corrected chi connectivity index (χ2v) is 4.40. The van der Waals surface area contributed by atoms with Crippen molar-refractivity contribution in [2.24, 2.45) is 0 Å². The molecule has 3 rings (SSSR count). The Hall–Kier alpha value is -1.63. The Balaban J connectivity index is 0.000000461. The van der Waals surface area contributed by atoms with Crippen molar-refractivity contribution >= 4 is 0 Å². The first-order valence-corrected chi connectivity index (χ1v) is 7.97. The highest BCUT2D eigenvalue weighted by molar-refractivity contribution is 5.28. The van der Waals surface area contributed by atoms with E-state index in [0.717, 1.165) is 19.4 Å². The van der Waals surface area contributed by atoms with Crippen LogP contribution in [-0.2, 0) is 25.8 Å². The van der Waals surface area contributed by atoms with Gasteiger partial charge in [0.15, 0.2) is 18.4 Å². The number of fused-ring (bicyclic) bond motifs is 2. The van der Waals surface area contributed by atoms with E-state index in [2.05, 4.69) is 53.2 Å². The van der Waals surface area contributed by atoms with Crippen LogP contribution in [-0.4, -0.2) is 0 Å². The van der Waals surface area contributed by atoms with E-state index in [1.54, 1.807) is 0 Å². The zero-order valence-electron chi connectivity index (χ0n) is 13.4. The van der Waals surface area contributed by atoms with Crippen LogP contribution in [0.5, 0.6) is 0 Å². The lowest BCUT2D eigenvalue weighted by atomic mass is 9.97. The van der Waals surface area contributed by atoms with Crippen molar-refractivity contribution in [1.29, 1.82) is 0 Å². The molecule has 0 saturated carbocycles. The third-order valence-electron chi connectivity index (χ3n) is 3.43. The summed E-state index contributed by atoms with van der Waals surface area (Å²) in [7, 11) is 0. The van der Waals surface area contributed by atoms with Crippen LogP contribution in [0.3, 0.4) is 0 Å². The zero-order chi connectivity index (χ0) is 14.8. The maximum atomic E-state index is 2.38. The van der Waals surface area contributed by atoms with Gasteiger partial charge in [0.2, 0.25) is 0 Å². The Morgan fingerprint density at radius 3 is 2.00 bits per heavy atom. The molecule has 1 aliphatic rings. The van der Waals surface area contributed by atoms with Gasteiger partial charge in [-0.3, -0.25) is 0 Å². The number of pyridine rings is 1. The van der Waals surface area contributed by atoms with Gasteiger partial charge in [-0.1, -0.05) is 58.0 Å². The van der Waals surface area contributed by atoms with Gasteiger partial charge in [0.25, 0.3) is 0 Å². The van der Waals surface area contributed by atoms with Gasteiger partial charge in [-0.2, -0.15) is 0 Å². The van der Waals surface area contributed by atoms with Crippen LogP contribution in [0.25, 0.3) is 0 Å². The number of nitrogens with zero attached hydrogens (tertiary/aromatic N) is 1. The Morgan fingerprint density at radius 2 is 1.30 bits per heavy atom. The highest BCUT2D eigenvalue weighted by atomic mass is 14.9. The number of hydrogen-bond acceptors (Lipinski definition) is 0. The van der Waals surface area contributed by atoms with Crippen LogP contribution < -0.4 is 4.57 Å². The summed E-state index contributed by atoms with van der Waals surface area (Å²) in [5.74, 6) is 0. The average molecular weight is 270 g/mol. The van der Waals surface area contributed by atoms with Gasteiger partial charge in [0.05, 0.1) is 0 Å². The summed E-state index contributed by atoms with van der Waals surface area (Å²) in [6.45, 7) is 9.10. The van der Waals surface area contributed by atoms with Crippen molar-refractivity contribution in [3.63, 3.8) is 0 Å². The summed E-state index contributed by atoms with van der Waals surface area (Å²) in [6.07, 6.45) is 5.67. The van der Waals surface area contributed by atoms with Crippen molar-refractivity contribution < 1.29 is 4.57 Å². The summed E-state index contributed by atoms with van der Waals surface area (Å²) in [6, 6.07) is 15.3. The molecule has 1 aromatic heterocycles. The number of rotatable bonds is 0. The lowest BCUT2D eigenvalue weighted by Gasteiger charge is -2.12. The Morgan fingerprint density at radius 1 is 0.700 bits per heavy atom. The Bertz CT molecular complexity index is 409. The van der Waals surface area contributed by atoms with Crippen molar-refractivity contribution in [3.05, 3.63) is 65.5 Å². The predicted octanol–water partition coefficient (Wildman–Crippen LogP) is 4.37. The second kappa shape index (κ2) is 9.30. The largest absolute Gasteiger partial charge is 0.202 e. The molecule has 0 saturated heterocycles. The molecule has 1 nitrogen and oxygen atoms in total. The fraction of sp³-hybridized carbons (Fsp3) is 0.421. The monoisotopic (exact) mass is 270 g/mol. The summed E-state index contributed by atoms with van der Waals surface area (Å²) in [4.78, 5) is 0. The maximum absolute atomic E-state index is 2.38. The van der Waals surface area contributed by atoms with E-state index in [9.17, 15) is 0 Å². The highest BCUT2D eigenvalue weighted by Crippen LogP contribution is 2.14. The van der Waals surface area contributed by atoms with Crippen molar-refractivity contribution in [1.82, 2.24) is 0 Å². The first-order valence-electron chi connectivity index (χ1n) is 7.97. The fourth-order valence-corrected chi connectivity index (χ4v) is 2.51. The van der Waals surface area contributed by atoms with E-state index in [4.69, 9.17) is 0 Å². The molecule has 2 heterocycles. The average Bonchev–Trinajstić information content (AvgIpc) is 2.54. The van der Waals surface area contributed by atoms with Gasteiger partial charge in [-0.05, 0) is 17.5 Å². The maximum Gasteiger partial charge on any atom is 0.181 e. The SMILES string of the molecule is CC.CC.c1ccc2c(c1)CCc1cccc[n+]1CC2. The molecule has 0 atom stereocenters. The molecule has 0 radical (unpaired) electrons. The topological polar surface area (TPSA) is 3.88 Å². The molecule has 2 aromatic rings. The van der Waals surface area contributed by atoms with E-state index in [-0.39, 0.29) is 0 Å². The van der Waals surface area contributed by atoms with E-state index in [1.807, 2.05) is 27.7 Å². The van der Waals surface area contributed by atoms with E-state index in [0.29, 0.717) is 0 Å². The molecule has 0 bridgehead atoms. The first kappa shape index (κ1) is 16.4. The highest BCUT2D eigenvalue weighted by Gasteiger charge is 2.14. The summed E-state index contributed by atoms with van der Waals surface area (Å²) in [5.41, 5.74) is 4.50. The molecular weight excluding hydrogens is 242 g/mol. The minimum atomic E-state index is 1.10. The van der Waals surface area contributed by atoms with Crippen LogP contribution in [0, 0.1) is 0 Å². The standard InChI is InChI=1S/C15H16N.2C2H6/c1-2-6-14-10-12-16-11-4-3-7-15(16)9-8-13(14)5-1;2*1-2/h1-7,11H,8-10,12H2;2*1-2H3/q+1;;. The molecule has 0 amide bonds. The minimum Gasteiger partial charge on any atom is -0.202 e. The summed E-state index contributed by atoms with van der Waals surface area (Å²) < 4.78 is 2.38. The number of aryl methyl sites for hydroxylation is 4.